The minimum atomic E-state index is -0.401. The summed E-state index contributed by atoms with van der Waals surface area (Å²) < 4.78 is 19.7. The third kappa shape index (κ3) is 3.54. The van der Waals surface area contributed by atoms with Gasteiger partial charge in [0.25, 0.3) is 0 Å². The molecule has 0 amide bonds. The van der Waals surface area contributed by atoms with Crippen LogP contribution in [-0.2, 0) is 12.0 Å². The van der Waals surface area contributed by atoms with Gasteiger partial charge < -0.3 is 10.5 Å². The summed E-state index contributed by atoms with van der Waals surface area (Å²) in [6, 6.07) is 11.0. The fourth-order valence-corrected chi connectivity index (χ4v) is 2.22. The number of aryl methyl sites for hydroxylation is 1. The highest BCUT2D eigenvalue weighted by Gasteiger charge is 2.19. The lowest BCUT2D eigenvalue weighted by Crippen LogP contribution is -2.14. The Labute approximate surface area is 125 Å². The van der Waals surface area contributed by atoms with Gasteiger partial charge in [-0.05, 0) is 30.0 Å². The summed E-state index contributed by atoms with van der Waals surface area (Å²) >= 11 is 0. The van der Waals surface area contributed by atoms with Crippen LogP contribution in [0, 0.1) is 12.7 Å². The maximum Gasteiger partial charge on any atom is 0.152 e. The molecule has 0 saturated carbocycles. The van der Waals surface area contributed by atoms with Crippen LogP contribution in [0.3, 0.4) is 0 Å². The summed E-state index contributed by atoms with van der Waals surface area (Å²) in [5.74, 6) is 0.386. The fourth-order valence-electron chi connectivity index (χ4n) is 2.22. The van der Waals surface area contributed by atoms with E-state index in [2.05, 4.69) is 33.8 Å². The molecule has 2 aromatic rings. The molecule has 2 rings (SSSR count). The van der Waals surface area contributed by atoms with Crippen LogP contribution >= 0.6 is 0 Å². The van der Waals surface area contributed by atoms with E-state index in [1.807, 2.05) is 12.1 Å². The molecule has 0 bridgehead atoms. The Morgan fingerprint density at radius 3 is 2.52 bits per heavy atom. The lowest BCUT2D eigenvalue weighted by atomic mass is 9.85. The van der Waals surface area contributed by atoms with Gasteiger partial charge in [-0.2, -0.15) is 0 Å². The zero-order chi connectivity index (χ0) is 15.6. The van der Waals surface area contributed by atoms with Crippen molar-refractivity contribution in [3.63, 3.8) is 0 Å². The van der Waals surface area contributed by atoms with E-state index in [0.29, 0.717) is 5.56 Å². The summed E-state index contributed by atoms with van der Waals surface area (Å²) in [6.45, 7) is 8.63. The van der Waals surface area contributed by atoms with Gasteiger partial charge in [-0.1, -0.05) is 50.6 Å². The molecule has 0 spiro atoms. The van der Waals surface area contributed by atoms with Crippen LogP contribution in [0.5, 0.6) is 5.75 Å². The molecule has 0 fully saturated rings. The van der Waals surface area contributed by atoms with Crippen molar-refractivity contribution in [3.05, 3.63) is 58.9 Å². The molecule has 21 heavy (non-hydrogen) atoms. The molecule has 0 aliphatic rings. The van der Waals surface area contributed by atoms with Crippen LogP contribution in [0.1, 0.15) is 37.5 Å². The third-order valence-electron chi connectivity index (χ3n) is 3.43. The van der Waals surface area contributed by atoms with Crippen LogP contribution in [0.25, 0.3) is 0 Å². The van der Waals surface area contributed by atoms with Gasteiger partial charge in [0, 0.05) is 5.56 Å². The van der Waals surface area contributed by atoms with E-state index < -0.39 is 5.82 Å². The molecule has 3 heteroatoms. The molecule has 0 aromatic heterocycles. The molecule has 0 saturated heterocycles. The molecular weight excluding hydrogens is 265 g/mol. The molecule has 2 N–H and O–H groups in total. The van der Waals surface area contributed by atoms with Gasteiger partial charge in [-0.3, -0.25) is 0 Å². The van der Waals surface area contributed by atoms with E-state index in [-0.39, 0.29) is 17.7 Å². The van der Waals surface area contributed by atoms with E-state index >= 15 is 0 Å². The Balaban J connectivity index is 2.26. The van der Waals surface area contributed by atoms with Crippen molar-refractivity contribution < 1.29 is 9.13 Å². The zero-order valence-corrected chi connectivity index (χ0v) is 13.0. The predicted molar refractivity (Wildman–Crippen MR) is 85.0 cm³/mol. The lowest BCUT2D eigenvalue weighted by Gasteiger charge is -2.23. The van der Waals surface area contributed by atoms with Gasteiger partial charge in [-0.15, -0.1) is 0 Å². The number of anilines is 1. The summed E-state index contributed by atoms with van der Waals surface area (Å²) in [5.41, 5.74) is 8.46. The number of hydrogen-bond donors (Lipinski definition) is 1. The predicted octanol–water partition coefficient (Wildman–Crippen LogP) is 4.59. The molecule has 0 unspecified atom stereocenters. The minimum Gasteiger partial charge on any atom is -0.488 e. The third-order valence-corrected chi connectivity index (χ3v) is 3.43. The highest BCUT2D eigenvalue weighted by Crippen LogP contribution is 2.32. The first-order valence-corrected chi connectivity index (χ1v) is 7.06. The molecule has 2 aromatic carbocycles. The Bertz CT molecular complexity index is 644. The van der Waals surface area contributed by atoms with E-state index in [0.717, 1.165) is 11.3 Å². The summed E-state index contributed by atoms with van der Waals surface area (Å²) in [6.07, 6.45) is 0. The quantitative estimate of drug-likeness (QED) is 0.838. The average Bonchev–Trinajstić information content (AvgIpc) is 2.40. The fraction of sp³-hybridized carbons (Fsp3) is 0.333. The number of nitrogen functional groups attached to an aromatic ring is 1. The smallest absolute Gasteiger partial charge is 0.152 e. The van der Waals surface area contributed by atoms with Gasteiger partial charge in [0.05, 0.1) is 5.69 Å². The first kappa shape index (κ1) is 15.4. The van der Waals surface area contributed by atoms with Gasteiger partial charge in [-0.25, -0.2) is 4.39 Å². The summed E-state index contributed by atoms with van der Waals surface area (Å²) in [7, 11) is 0. The lowest BCUT2D eigenvalue weighted by molar-refractivity contribution is 0.292. The number of ether oxygens (including phenoxy) is 1. The number of nitrogens with two attached hydrogens (primary N) is 1. The zero-order valence-electron chi connectivity index (χ0n) is 13.0. The maximum atomic E-state index is 13.9. The number of halogens is 1. The van der Waals surface area contributed by atoms with Crippen LogP contribution in [0.2, 0.25) is 0 Å². The Morgan fingerprint density at radius 2 is 1.86 bits per heavy atom. The molecule has 0 aliphatic heterocycles. The summed E-state index contributed by atoms with van der Waals surface area (Å²) in [4.78, 5) is 0. The van der Waals surface area contributed by atoms with Crippen LogP contribution in [0.15, 0.2) is 36.4 Å². The molecule has 0 heterocycles. The molecule has 0 radical (unpaired) electrons. The SMILES string of the molecule is Cc1ccc(OCc2cccc(N)c2F)c(C(C)(C)C)c1. The Hall–Kier alpha value is -2.03. The van der Waals surface area contributed by atoms with Crippen molar-refractivity contribution in [2.24, 2.45) is 0 Å². The van der Waals surface area contributed by atoms with Gasteiger partial charge in [0.15, 0.2) is 5.82 Å². The Morgan fingerprint density at radius 1 is 1.14 bits per heavy atom. The van der Waals surface area contributed by atoms with E-state index in [4.69, 9.17) is 10.5 Å². The van der Waals surface area contributed by atoms with Crippen molar-refractivity contribution in [3.8, 4) is 5.75 Å². The highest BCUT2D eigenvalue weighted by atomic mass is 19.1. The van der Waals surface area contributed by atoms with Crippen LogP contribution in [0.4, 0.5) is 10.1 Å². The molecule has 0 atom stereocenters. The normalized spacial score (nSPS) is 11.5. The van der Waals surface area contributed by atoms with Crippen molar-refractivity contribution in [2.45, 2.75) is 39.7 Å². The summed E-state index contributed by atoms with van der Waals surface area (Å²) in [5, 5.41) is 0. The van der Waals surface area contributed by atoms with Gasteiger partial charge in [0.2, 0.25) is 0 Å². The monoisotopic (exact) mass is 287 g/mol. The van der Waals surface area contributed by atoms with Crippen LogP contribution < -0.4 is 10.5 Å². The highest BCUT2D eigenvalue weighted by molar-refractivity contribution is 5.44. The largest absolute Gasteiger partial charge is 0.488 e. The molecule has 0 aliphatic carbocycles. The second kappa shape index (κ2) is 5.76. The van der Waals surface area contributed by atoms with Crippen molar-refractivity contribution in [1.82, 2.24) is 0 Å². The molecular formula is C18H22FNO. The molecule has 112 valence electrons. The second-order valence-electron chi connectivity index (χ2n) is 6.36. The number of benzene rings is 2. The molecule has 2 nitrogen and oxygen atoms in total. The van der Waals surface area contributed by atoms with Crippen molar-refractivity contribution in [1.29, 1.82) is 0 Å². The first-order chi connectivity index (χ1) is 9.79. The second-order valence-corrected chi connectivity index (χ2v) is 6.36. The van der Waals surface area contributed by atoms with E-state index in [1.165, 1.54) is 5.56 Å². The van der Waals surface area contributed by atoms with Gasteiger partial charge >= 0.3 is 0 Å². The van der Waals surface area contributed by atoms with Gasteiger partial charge in [0.1, 0.15) is 12.4 Å². The van der Waals surface area contributed by atoms with Crippen molar-refractivity contribution >= 4 is 5.69 Å². The first-order valence-electron chi connectivity index (χ1n) is 7.06. The van der Waals surface area contributed by atoms with E-state index in [1.54, 1.807) is 18.2 Å². The average molecular weight is 287 g/mol. The number of hydrogen-bond acceptors (Lipinski definition) is 2. The maximum absolute atomic E-state index is 13.9. The van der Waals surface area contributed by atoms with E-state index in [9.17, 15) is 4.39 Å². The Kier molecular flexibility index (Phi) is 4.21. The number of rotatable bonds is 3. The minimum absolute atomic E-state index is 0.0321. The standard InChI is InChI=1S/C18H22FNO/c1-12-8-9-16(14(10-12)18(2,3)4)21-11-13-6-5-7-15(20)17(13)19/h5-10H,11,20H2,1-4H3. The topological polar surface area (TPSA) is 35.2 Å². The van der Waals surface area contributed by atoms with Crippen molar-refractivity contribution in [2.75, 3.05) is 5.73 Å². The van der Waals surface area contributed by atoms with Crippen LogP contribution in [-0.4, -0.2) is 0 Å².